The quantitative estimate of drug-likeness (QED) is 0.576. The standard InChI is InChI=1S/C22H32ClN5O3S/c1-22(2,3)28(21(30)31)13-15(10-14-8-6-5-7-9-14)25-20(29)18-11-16(19(23)32-18)17-12-24-26-27(17)4/h11-12,14-15H,5-10,13H2,1-4H3,(H,25,29)(H,30,31)/t15-/m1/s1. The van der Waals surface area contributed by atoms with Gasteiger partial charge in [-0.3, -0.25) is 4.79 Å². The van der Waals surface area contributed by atoms with Crippen molar-refractivity contribution < 1.29 is 14.7 Å². The van der Waals surface area contributed by atoms with Gasteiger partial charge in [0.2, 0.25) is 0 Å². The molecule has 32 heavy (non-hydrogen) atoms. The number of hydrogen-bond acceptors (Lipinski definition) is 5. The lowest BCUT2D eigenvalue weighted by atomic mass is 9.84. The first-order chi connectivity index (χ1) is 15.1. The van der Waals surface area contributed by atoms with Crippen LogP contribution in [0.15, 0.2) is 12.3 Å². The molecule has 2 amide bonds. The highest BCUT2D eigenvalue weighted by molar-refractivity contribution is 7.18. The third kappa shape index (κ3) is 6.01. The normalized spacial score (nSPS) is 16.0. The number of rotatable bonds is 7. The minimum Gasteiger partial charge on any atom is -0.465 e. The molecule has 8 nitrogen and oxygen atoms in total. The molecule has 0 aliphatic heterocycles. The molecular formula is C22H32ClN5O3S. The maximum absolute atomic E-state index is 13.2. The minimum atomic E-state index is -0.981. The van der Waals surface area contributed by atoms with Crippen molar-refractivity contribution in [2.75, 3.05) is 6.54 Å². The fraction of sp³-hybridized carbons (Fsp3) is 0.636. The number of thiophene rings is 1. The second kappa shape index (κ2) is 10.2. The smallest absolute Gasteiger partial charge is 0.407 e. The first-order valence-electron chi connectivity index (χ1n) is 11.0. The van der Waals surface area contributed by atoms with Crippen LogP contribution < -0.4 is 5.32 Å². The second-order valence-electron chi connectivity index (χ2n) is 9.52. The van der Waals surface area contributed by atoms with Gasteiger partial charge >= 0.3 is 6.09 Å². The molecule has 10 heteroatoms. The summed E-state index contributed by atoms with van der Waals surface area (Å²) in [6, 6.07) is 1.47. The van der Waals surface area contributed by atoms with Gasteiger partial charge in [0.25, 0.3) is 5.91 Å². The number of aromatic nitrogens is 3. The predicted octanol–water partition coefficient (Wildman–Crippen LogP) is 5.04. The van der Waals surface area contributed by atoms with E-state index < -0.39 is 11.6 Å². The number of nitrogens with one attached hydrogen (secondary N) is 1. The van der Waals surface area contributed by atoms with Crippen molar-refractivity contribution in [2.24, 2.45) is 13.0 Å². The van der Waals surface area contributed by atoms with Gasteiger partial charge in [-0.1, -0.05) is 48.9 Å². The molecule has 1 atom stereocenters. The van der Waals surface area contributed by atoms with E-state index in [9.17, 15) is 14.7 Å². The highest BCUT2D eigenvalue weighted by atomic mass is 35.5. The molecule has 0 aromatic carbocycles. The van der Waals surface area contributed by atoms with Gasteiger partial charge in [0.05, 0.1) is 16.8 Å². The lowest BCUT2D eigenvalue weighted by molar-refractivity contribution is 0.0793. The molecule has 1 aliphatic carbocycles. The van der Waals surface area contributed by atoms with Crippen molar-refractivity contribution in [2.45, 2.75) is 70.9 Å². The largest absolute Gasteiger partial charge is 0.465 e. The fourth-order valence-electron chi connectivity index (χ4n) is 4.31. The summed E-state index contributed by atoms with van der Waals surface area (Å²) in [6.45, 7) is 5.86. The number of nitrogens with zero attached hydrogens (tertiary/aromatic N) is 4. The molecule has 1 aliphatic rings. The van der Waals surface area contributed by atoms with Gasteiger partial charge in [0.1, 0.15) is 4.34 Å². The van der Waals surface area contributed by atoms with E-state index in [1.807, 2.05) is 20.8 Å². The van der Waals surface area contributed by atoms with Gasteiger partial charge in [-0.15, -0.1) is 16.4 Å². The molecule has 1 fully saturated rings. The van der Waals surface area contributed by atoms with Crippen LogP contribution in [0.3, 0.4) is 0 Å². The zero-order chi connectivity index (χ0) is 23.5. The molecule has 0 spiro atoms. The number of aryl methyl sites for hydroxylation is 1. The fourth-order valence-corrected chi connectivity index (χ4v) is 5.50. The molecule has 0 unspecified atom stereocenters. The first kappa shape index (κ1) is 24.5. The van der Waals surface area contributed by atoms with Crippen LogP contribution in [0.1, 0.15) is 69.0 Å². The zero-order valence-corrected chi connectivity index (χ0v) is 20.7. The van der Waals surface area contributed by atoms with Crippen LogP contribution in [0.2, 0.25) is 4.34 Å². The van der Waals surface area contributed by atoms with E-state index in [1.54, 1.807) is 24.0 Å². The zero-order valence-electron chi connectivity index (χ0n) is 19.1. The van der Waals surface area contributed by atoms with Crippen molar-refractivity contribution in [3.63, 3.8) is 0 Å². The highest BCUT2D eigenvalue weighted by Gasteiger charge is 2.31. The van der Waals surface area contributed by atoms with E-state index in [0.29, 0.717) is 20.7 Å². The van der Waals surface area contributed by atoms with E-state index in [-0.39, 0.29) is 18.5 Å². The van der Waals surface area contributed by atoms with Gasteiger partial charge in [-0.2, -0.15) is 0 Å². The Morgan fingerprint density at radius 2 is 2.03 bits per heavy atom. The van der Waals surface area contributed by atoms with Crippen molar-refractivity contribution in [3.8, 4) is 11.3 Å². The molecule has 176 valence electrons. The predicted molar refractivity (Wildman–Crippen MR) is 126 cm³/mol. The number of carbonyl (C=O) groups excluding carboxylic acids is 1. The summed E-state index contributed by atoms with van der Waals surface area (Å²) in [5.74, 6) is 0.256. The van der Waals surface area contributed by atoms with Gasteiger partial charge in [0, 0.05) is 30.7 Å². The van der Waals surface area contributed by atoms with E-state index in [2.05, 4.69) is 15.6 Å². The molecular weight excluding hydrogens is 450 g/mol. The van der Waals surface area contributed by atoms with Crippen LogP contribution in [0.5, 0.6) is 0 Å². The summed E-state index contributed by atoms with van der Waals surface area (Å²) in [5, 5.41) is 20.7. The number of hydrogen-bond donors (Lipinski definition) is 2. The highest BCUT2D eigenvalue weighted by Crippen LogP contribution is 2.35. The van der Waals surface area contributed by atoms with Crippen LogP contribution in [-0.4, -0.2) is 55.1 Å². The third-order valence-electron chi connectivity index (χ3n) is 6.02. The lowest BCUT2D eigenvalue weighted by Gasteiger charge is -2.37. The van der Waals surface area contributed by atoms with E-state index in [0.717, 1.165) is 25.0 Å². The number of carboxylic acid groups (broad SMARTS) is 1. The van der Waals surface area contributed by atoms with E-state index >= 15 is 0 Å². The molecule has 1 saturated carbocycles. The Labute approximate surface area is 197 Å². The Balaban J connectivity index is 1.79. The van der Waals surface area contributed by atoms with Crippen molar-refractivity contribution in [1.29, 1.82) is 0 Å². The van der Waals surface area contributed by atoms with Crippen LogP contribution in [0, 0.1) is 5.92 Å². The number of carbonyl (C=O) groups is 2. The summed E-state index contributed by atoms with van der Waals surface area (Å²) >= 11 is 7.62. The Morgan fingerprint density at radius 1 is 1.34 bits per heavy atom. The SMILES string of the molecule is Cn1nncc1-c1cc(C(=O)N[C@H](CC2CCCCC2)CN(C(=O)O)C(C)(C)C)sc1Cl. The lowest BCUT2D eigenvalue weighted by Crippen LogP contribution is -2.52. The van der Waals surface area contributed by atoms with Crippen LogP contribution in [0.4, 0.5) is 4.79 Å². The Kier molecular flexibility index (Phi) is 7.82. The van der Waals surface area contributed by atoms with Crippen molar-refractivity contribution >= 4 is 34.9 Å². The maximum atomic E-state index is 13.2. The van der Waals surface area contributed by atoms with Crippen LogP contribution >= 0.6 is 22.9 Å². The summed E-state index contributed by atoms with van der Waals surface area (Å²) in [6.07, 6.45) is 7.26. The monoisotopic (exact) mass is 481 g/mol. The average Bonchev–Trinajstić information content (AvgIpc) is 3.30. The summed E-state index contributed by atoms with van der Waals surface area (Å²) < 4.78 is 2.10. The Morgan fingerprint density at radius 3 is 2.59 bits per heavy atom. The summed E-state index contributed by atoms with van der Waals surface area (Å²) in [5.41, 5.74) is 0.877. The van der Waals surface area contributed by atoms with Gasteiger partial charge in [-0.05, 0) is 39.2 Å². The molecule has 2 heterocycles. The number of halogens is 1. The second-order valence-corrected chi connectivity index (χ2v) is 11.2. The maximum Gasteiger partial charge on any atom is 0.407 e. The van der Waals surface area contributed by atoms with Crippen molar-refractivity contribution in [1.82, 2.24) is 25.2 Å². The Hall–Kier alpha value is -2.13. The van der Waals surface area contributed by atoms with E-state index in [4.69, 9.17) is 11.6 Å². The molecule has 2 aromatic heterocycles. The summed E-state index contributed by atoms with van der Waals surface area (Å²) in [4.78, 5) is 27.0. The van der Waals surface area contributed by atoms with Gasteiger partial charge in [-0.25, -0.2) is 9.48 Å². The first-order valence-corrected chi connectivity index (χ1v) is 12.2. The van der Waals surface area contributed by atoms with Gasteiger partial charge < -0.3 is 15.3 Å². The summed E-state index contributed by atoms with van der Waals surface area (Å²) in [7, 11) is 1.77. The van der Waals surface area contributed by atoms with Crippen molar-refractivity contribution in [3.05, 3.63) is 21.5 Å². The molecule has 0 bridgehead atoms. The Bertz CT molecular complexity index is 946. The molecule has 3 rings (SSSR count). The van der Waals surface area contributed by atoms with Crippen LogP contribution in [0.25, 0.3) is 11.3 Å². The molecule has 2 N–H and O–H groups in total. The molecule has 0 saturated heterocycles. The van der Waals surface area contributed by atoms with Gasteiger partial charge in [0.15, 0.2) is 0 Å². The average molecular weight is 482 g/mol. The topological polar surface area (TPSA) is 100 Å². The van der Waals surface area contributed by atoms with E-state index in [1.165, 1.54) is 35.5 Å². The molecule has 2 aromatic rings. The molecule has 0 radical (unpaired) electrons. The minimum absolute atomic E-state index is 0.238. The number of amides is 2. The third-order valence-corrected chi connectivity index (χ3v) is 7.38. The van der Waals surface area contributed by atoms with Crippen LogP contribution in [-0.2, 0) is 7.05 Å².